The number of aliphatic hydroxyl groups excluding tert-OH is 1. The summed E-state index contributed by atoms with van der Waals surface area (Å²) in [5.74, 6) is 2.06. The molecule has 1 aliphatic carbocycles. The summed E-state index contributed by atoms with van der Waals surface area (Å²) in [5, 5.41) is 18.1. The van der Waals surface area contributed by atoms with Crippen molar-refractivity contribution < 1.29 is 14.6 Å². The van der Waals surface area contributed by atoms with Gasteiger partial charge < -0.3 is 25.2 Å². The molecule has 0 aliphatic heterocycles. The van der Waals surface area contributed by atoms with Crippen LogP contribution in [0.2, 0.25) is 0 Å². The van der Waals surface area contributed by atoms with Gasteiger partial charge in [-0.1, -0.05) is 0 Å². The summed E-state index contributed by atoms with van der Waals surface area (Å²) in [5.41, 5.74) is 0.676. The first-order valence-electron chi connectivity index (χ1n) is 9.08. The number of hydrogen-bond donors (Lipinski definition) is 3. The van der Waals surface area contributed by atoms with Crippen LogP contribution in [0.15, 0.2) is 23.2 Å². The number of halogens is 1. The second-order valence-electron chi connectivity index (χ2n) is 6.36. The summed E-state index contributed by atoms with van der Waals surface area (Å²) in [6.45, 7) is 3.07. The number of guanidine groups is 1. The Morgan fingerprint density at radius 1 is 1.33 bits per heavy atom. The van der Waals surface area contributed by atoms with Crippen molar-refractivity contribution in [3.05, 3.63) is 23.8 Å². The van der Waals surface area contributed by atoms with Gasteiger partial charge in [0.2, 0.25) is 0 Å². The van der Waals surface area contributed by atoms with E-state index in [4.69, 9.17) is 9.47 Å². The predicted octanol–water partition coefficient (Wildman–Crippen LogP) is 3.19. The van der Waals surface area contributed by atoms with Crippen molar-refractivity contribution >= 4 is 41.7 Å². The molecular weight excluding hydrogens is 477 g/mol. The number of nitrogens with zero attached hydrogens (tertiary/aromatic N) is 1. The number of aliphatic imine (C=N–C) groups is 1. The third-order valence-corrected chi connectivity index (χ3v) is 5.72. The Labute approximate surface area is 183 Å². The summed E-state index contributed by atoms with van der Waals surface area (Å²) in [7, 11) is 3.20. The largest absolute Gasteiger partial charge is 0.497 e. The lowest BCUT2D eigenvalue weighted by Gasteiger charge is -2.19. The fourth-order valence-electron chi connectivity index (χ4n) is 3.17. The highest BCUT2D eigenvalue weighted by atomic mass is 127. The van der Waals surface area contributed by atoms with Crippen LogP contribution in [0, 0.1) is 0 Å². The van der Waals surface area contributed by atoms with Crippen LogP contribution >= 0.6 is 35.7 Å². The fourth-order valence-corrected chi connectivity index (χ4v) is 3.97. The molecule has 154 valence electrons. The van der Waals surface area contributed by atoms with Crippen molar-refractivity contribution in [1.82, 2.24) is 10.6 Å². The van der Waals surface area contributed by atoms with Gasteiger partial charge in [0.25, 0.3) is 0 Å². The molecule has 1 aliphatic rings. The number of thioether (sulfide) groups is 1. The van der Waals surface area contributed by atoms with E-state index in [2.05, 4.69) is 21.9 Å². The molecule has 0 amide bonds. The first-order valence-corrected chi connectivity index (χ1v) is 10.4. The van der Waals surface area contributed by atoms with E-state index in [0.29, 0.717) is 23.1 Å². The molecular formula is C19H32IN3O3S. The maximum absolute atomic E-state index is 10.6. The molecule has 3 N–H and O–H groups in total. The molecule has 0 saturated heterocycles. The molecule has 0 aromatic heterocycles. The van der Waals surface area contributed by atoms with E-state index in [0.717, 1.165) is 30.6 Å². The molecule has 3 atom stereocenters. The average Bonchev–Trinajstić information content (AvgIpc) is 3.13. The van der Waals surface area contributed by atoms with Crippen LogP contribution < -0.4 is 20.1 Å². The molecule has 27 heavy (non-hydrogen) atoms. The molecule has 6 nitrogen and oxygen atoms in total. The fraction of sp³-hybridized carbons (Fsp3) is 0.632. The first-order chi connectivity index (χ1) is 12.6. The number of benzene rings is 1. The van der Waals surface area contributed by atoms with Gasteiger partial charge in [-0.3, -0.25) is 4.99 Å². The molecule has 0 radical (unpaired) electrons. The van der Waals surface area contributed by atoms with Crippen LogP contribution in [0.1, 0.15) is 37.9 Å². The van der Waals surface area contributed by atoms with E-state index in [1.807, 2.05) is 24.8 Å². The van der Waals surface area contributed by atoms with Gasteiger partial charge in [-0.2, -0.15) is 11.8 Å². The minimum absolute atomic E-state index is 0. The van der Waals surface area contributed by atoms with E-state index in [1.165, 1.54) is 6.42 Å². The van der Waals surface area contributed by atoms with E-state index in [1.54, 1.807) is 26.4 Å². The highest BCUT2D eigenvalue weighted by Crippen LogP contribution is 2.30. The van der Waals surface area contributed by atoms with Gasteiger partial charge in [0.05, 0.1) is 20.8 Å². The van der Waals surface area contributed by atoms with Gasteiger partial charge in [0, 0.05) is 23.4 Å². The molecule has 0 heterocycles. The lowest BCUT2D eigenvalue weighted by Crippen LogP contribution is -2.42. The Balaban J connectivity index is 0.00000364. The SMILES string of the molecule is CCNC(=NCC(O)c1cc(OC)ccc1OC)NC1CCC(SC)C1.I. The highest BCUT2D eigenvalue weighted by Gasteiger charge is 2.24. The van der Waals surface area contributed by atoms with Crippen LogP contribution in [0.25, 0.3) is 0 Å². The van der Waals surface area contributed by atoms with Crippen molar-refractivity contribution in [2.45, 2.75) is 43.6 Å². The maximum Gasteiger partial charge on any atom is 0.191 e. The highest BCUT2D eigenvalue weighted by molar-refractivity contribution is 14.0. The Bertz CT molecular complexity index is 604. The molecule has 1 fully saturated rings. The van der Waals surface area contributed by atoms with Gasteiger partial charge in [-0.05, 0) is 50.6 Å². The third-order valence-electron chi connectivity index (χ3n) is 4.62. The van der Waals surface area contributed by atoms with Gasteiger partial charge in [0.15, 0.2) is 5.96 Å². The number of nitrogens with one attached hydrogen (secondary N) is 2. The van der Waals surface area contributed by atoms with Crippen LogP contribution in [0.5, 0.6) is 11.5 Å². The van der Waals surface area contributed by atoms with E-state index in [9.17, 15) is 5.11 Å². The zero-order chi connectivity index (χ0) is 18.9. The minimum atomic E-state index is -0.766. The summed E-state index contributed by atoms with van der Waals surface area (Å²) < 4.78 is 10.6. The molecule has 1 aromatic rings. The lowest BCUT2D eigenvalue weighted by molar-refractivity contribution is 0.182. The first kappa shape index (κ1) is 24.2. The van der Waals surface area contributed by atoms with Crippen molar-refractivity contribution in [3.63, 3.8) is 0 Å². The number of methoxy groups -OCH3 is 2. The molecule has 1 saturated carbocycles. The van der Waals surface area contributed by atoms with Crippen LogP contribution in [0.4, 0.5) is 0 Å². The van der Waals surface area contributed by atoms with E-state index in [-0.39, 0.29) is 30.5 Å². The molecule has 8 heteroatoms. The normalized spacial score (nSPS) is 20.6. The van der Waals surface area contributed by atoms with Crippen molar-refractivity contribution in [3.8, 4) is 11.5 Å². The number of aliphatic hydroxyl groups is 1. The smallest absolute Gasteiger partial charge is 0.191 e. The average molecular weight is 509 g/mol. The molecule has 3 unspecified atom stereocenters. The van der Waals surface area contributed by atoms with Crippen molar-refractivity contribution in [2.75, 3.05) is 33.6 Å². The number of hydrogen-bond acceptors (Lipinski definition) is 5. The Hall–Kier alpha value is -0.870. The number of rotatable bonds is 8. The van der Waals surface area contributed by atoms with Gasteiger partial charge in [0.1, 0.15) is 17.6 Å². The summed E-state index contributed by atoms with van der Waals surface area (Å²) >= 11 is 1.93. The maximum atomic E-state index is 10.6. The van der Waals surface area contributed by atoms with Gasteiger partial charge in [-0.15, -0.1) is 24.0 Å². The molecule has 1 aromatic carbocycles. The van der Waals surface area contributed by atoms with Crippen molar-refractivity contribution in [1.29, 1.82) is 0 Å². The lowest BCUT2D eigenvalue weighted by atomic mass is 10.1. The van der Waals surface area contributed by atoms with Gasteiger partial charge in [-0.25, -0.2) is 0 Å². The second-order valence-corrected chi connectivity index (χ2v) is 7.49. The Morgan fingerprint density at radius 2 is 2.11 bits per heavy atom. The zero-order valence-corrected chi connectivity index (χ0v) is 19.7. The minimum Gasteiger partial charge on any atom is -0.497 e. The number of ether oxygens (including phenoxy) is 2. The predicted molar refractivity (Wildman–Crippen MR) is 124 cm³/mol. The summed E-state index contributed by atoms with van der Waals surface area (Å²) in [6, 6.07) is 5.84. The zero-order valence-electron chi connectivity index (χ0n) is 16.5. The second kappa shape index (κ2) is 12.6. The topological polar surface area (TPSA) is 75.1 Å². The summed E-state index contributed by atoms with van der Waals surface area (Å²) in [6.07, 6.45) is 4.95. The monoisotopic (exact) mass is 509 g/mol. The van der Waals surface area contributed by atoms with Gasteiger partial charge >= 0.3 is 0 Å². The Kier molecular flexibility index (Phi) is 11.2. The van der Waals surface area contributed by atoms with E-state index >= 15 is 0 Å². The van der Waals surface area contributed by atoms with Crippen LogP contribution in [-0.4, -0.2) is 55.9 Å². The third kappa shape index (κ3) is 7.23. The van der Waals surface area contributed by atoms with E-state index < -0.39 is 6.10 Å². The molecule has 2 rings (SSSR count). The quantitative estimate of drug-likeness (QED) is 0.284. The summed E-state index contributed by atoms with van der Waals surface area (Å²) in [4.78, 5) is 4.58. The molecule has 0 spiro atoms. The molecule has 0 bridgehead atoms. The Morgan fingerprint density at radius 3 is 2.70 bits per heavy atom. The van der Waals surface area contributed by atoms with Crippen LogP contribution in [-0.2, 0) is 0 Å². The standard InChI is InChI=1S/C19H31N3O3S.HI/c1-5-20-19(22-13-6-8-15(10-13)26-4)21-12-17(23)16-11-14(24-2)7-9-18(16)25-3;/h7,9,11,13,15,17,23H,5-6,8,10,12H2,1-4H3,(H2,20,21,22);1H. The van der Waals surface area contributed by atoms with Crippen molar-refractivity contribution in [2.24, 2.45) is 4.99 Å². The van der Waals surface area contributed by atoms with Crippen LogP contribution in [0.3, 0.4) is 0 Å².